The number of esters is 1. The molecule has 4 nitrogen and oxygen atoms in total. The Bertz CT molecular complexity index is 401. The van der Waals surface area contributed by atoms with Gasteiger partial charge in [0.1, 0.15) is 17.1 Å². The number of benzene rings is 1. The van der Waals surface area contributed by atoms with Crippen molar-refractivity contribution in [3.8, 4) is 11.5 Å². The number of aromatic hydroxyl groups is 2. The number of ether oxygens (including phenoxy) is 1. The van der Waals surface area contributed by atoms with Crippen molar-refractivity contribution >= 4 is 28.6 Å². The van der Waals surface area contributed by atoms with E-state index in [4.69, 9.17) is 4.74 Å². The first-order chi connectivity index (χ1) is 6.99. The van der Waals surface area contributed by atoms with Crippen LogP contribution in [0.25, 0.3) is 0 Å². The molecule has 0 saturated carbocycles. The summed E-state index contributed by atoms with van der Waals surface area (Å²) in [7, 11) is 0. The molecule has 0 unspecified atom stereocenters. The lowest BCUT2D eigenvalue weighted by Crippen LogP contribution is -2.07. The molecule has 0 aliphatic rings. The Balaban J connectivity index is 3.29. The second-order valence-electron chi connectivity index (χ2n) is 2.97. The highest BCUT2D eigenvalue weighted by atomic mass is 127. The van der Waals surface area contributed by atoms with Crippen LogP contribution in [0, 0.1) is 10.5 Å². The lowest BCUT2D eigenvalue weighted by Gasteiger charge is -2.10. The quantitative estimate of drug-likeness (QED) is 0.647. The minimum absolute atomic E-state index is 0.0429. The summed E-state index contributed by atoms with van der Waals surface area (Å²) in [4.78, 5) is 11.5. The van der Waals surface area contributed by atoms with Crippen LogP contribution in [0.4, 0.5) is 0 Å². The minimum Gasteiger partial charge on any atom is -0.507 e. The van der Waals surface area contributed by atoms with Gasteiger partial charge in [0.05, 0.1) is 10.2 Å². The molecule has 0 atom stereocenters. The second-order valence-corrected chi connectivity index (χ2v) is 4.05. The molecule has 0 saturated heterocycles. The Morgan fingerprint density at radius 1 is 1.53 bits per heavy atom. The highest BCUT2D eigenvalue weighted by Gasteiger charge is 2.20. The third-order valence-corrected chi connectivity index (χ3v) is 2.96. The number of halogens is 1. The van der Waals surface area contributed by atoms with Gasteiger partial charge in [0.25, 0.3) is 0 Å². The van der Waals surface area contributed by atoms with E-state index in [0.717, 1.165) is 0 Å². The zero-order valence-corrected chi connectivity index (χ0v) is 10.5. The van der Waals surface area contributed by atoms with E-state index in [1.807, 2.05) is 0 Å². The fraction of sp³-hybridized carbons (Fsp3) is 0.300. The first-order valence-corrected chi connectivity index (χ1v) is 5.45. The van der Waals surface area contributed by atoms with Crippen LogP contribution in [0.15, 0.2) is 6.07 Å². The number of hydrogen-bond donors (Lipinski definition) is 2. The summed E-state index contributed by atoms with van der Waals surface area (Å²) >= 11 is 1.77. The van der Waals surface area contributed by atoms with Crippen molar-refractivity contribution in [1.82, 2.24) is 0 Å². The summed E-state index contributed by atoms with van der Waals surface area (Å²) in [5.41, 5.74) is 0.600. The second kappa shape index (κ2) is 4.69. The van der Waals surface area contributed by atoms with Crippen LogP contribution in [0.5, 0.6) is 11.5 Å². The van der Waals surface area contributed by atoms with Gasteiger partial charge < -0.3 is 14.9 Å². The molecule has 0 radical (unpaired) electrons. The molecule has 0 amide bonds. The first kappa shape index (κ1) is 12.1. The molecule has 2 N–H and O–H groups in total. The Kier molecular flexibility index (Phi) is 3.78. The van der Waals surface area contributed by atoms with E-state index in [1.165, 1.54) is 6.07 Å². The van der Waals surface area contributed by atoms with E-state index >= 15 is 0 Å². The fourth-order valence-corrected chi connectivity index (χ4v) is 1.64. The molecule has 5 heteroatoms. The number of aryl methyl sites for hydroxylation is 1. The van der Waals surface area contributed by atoms with Crippen LogP contribution < -0.4 is 0 Å². The van der Waals surface area contributed by atoms with Gasteiger partial charge in [-0.05, 0) is 48.1 Å². The Labute approximate surface area is 101 Å². The first-order valence-electron chi connectivity index (χ1n) is 4.37. The van der Waals surface area contributed by atoms with E-state index < -0.39 is 5.97 Å². The molecular formula is C10H11IO4. The van der Waals surface area contributed by atoms with Gasteiger partial charge in [0, 0.05) is 0 Å². The standard InChI is InChI=1S/C10H11IO4/c1-3-15-10(14)7-5(2)4-6(12)8(11)9(7)13/h4,12-13H,3H2,1-2H3. The van der Waals surface area contributed by atoms with Crippen molar-refractivity contribution < 1.29 is 19.7 Å². The van der Waals surface area contributed by atoms with Gasteiger partial charge in [-0.2, -0.15) is 0 Å². The summed E-state index contributed by atoms with van der Waals surface area (Å²) in [5.74, 6) is -0.851. The van der Waals surface area contributed by atoms with E-state index in [1.54, 1.807) is 36.4 Å². The van der Waals surface area contributed by atoms with Crippen LogP contribution in [0.1, 0.15) is 22.8 Å². The highest BCUT2D eigenvalue weighted by molar-refractivity contribution is 14.1. The van der Waals surface area contributed by atoms with Crippen molar-refractivity contribution in [3.05, 3.63) is 20.8 Å². The molecule has 1 aromatic carbocycles. The van der Waals surface area contributed by atoms with Crippen LogP contribution in [-0.2, 0) is 4.74 Å². The number of carbonyl (C=O) groups excluding carboxylic acids is 1. The van der Waals surface area contributed by atoms with Crippen molar-refractivity contribution in [1.29, 1.82) is 0 Å². The maximum absolute atomic E-state index is 11.5. The molecule has 0 spiro atoms. The number of phenols is 2. The number of rotatable bonds is 2. The number of hydrogen-bond acceptors (Lipinski definition) is 4. The normalized spacial score (nSPS) is 10.1. The van der Waals surface area contributed by atoms with Gasteiger partial charge in [0.15, 0.2) is 0 Å². The van der Waals surface area contributed by atoms with E-state index in [0.29, 0.717) is 5.56 Å². The van der Waals surface area contributed by atoms with Gasteiger partial charge >= 0.3 is 5.97 Å². The smallest absolute Gasteiger partial charge is 0.342 e. The van der Waals surface area contributed by atoms with Gasteiger partial charge in [-0.1, -0.05) is 0 Å². The molecule has 1 aromatic rings. The van der Waals surface area contributed by atoms with Gasteiger partial charge in [-0.15, -0.1) is 0 Å². The average Bonchev–Trinajstić information content (AvgIpc) is 2.15. The molecule has 0 aliphatic heterocycles. The summed E-state index contributed by atoms with van der Waals surface area (Å²) in [6.07, 6.45) is 0. The molecule has 82 valence electrons. The molecule has 1 rings (SSSR count). The summed E-state index contributed by atoms with van der Waals surface area (Å²) < 4.78 is 5.05. The highest BCUT2D eigenvalue weighted by Crippen LogP contribution is 2.34. The van der Waals surface area contributed by atoms with Crippen LogP contribution in [0.3, 0.4) is 0 Å². The monoisotopic (exact) mass is 322 g/mol. The van der Waals surface area contributed by atoms with Crippen molar-refractivity contribution in [3.63, 3.8) is 0 Å². The van der Waals surface area contributed by atoms with Crippen LogP contribution >= 0.6 is 22.6 Å². The molecule has 0 heterocycles. The maximum Gasteiger partial charge on any atom is 0.342 e. The fourth-order valence-electron chi connectivity index (χ4n) is 1.22. The molecule has 15 heavy (non-hydrogen) atoms. The molecular weight excluding hydrogens is 311 g/mol. The van der Waals surface area contributed by atoms with Gasteiger partial charge in [-0.25, -0.2) is 4.79 Å². The number of carbonyl (C=O) groups is 1. The third kappa shape index (κ3) is 2.34. The molecule has 0 aliphatic carbocycles. The van der Waals surface area contributed by atoms with Crippen LogP contribution in [0.2, 0.25) is 0 Å². The summed E-state index contributed by atoms with van der Waals surface area (Å²) in [6, 6.07) is 1.42. The van der Waals surface area contributed by atoms with E-state index in [-0.39, 0.29) is 27.2 Å². The Morgan fingerprint density at radius 3 is 2.67 bits per heavy atom. The van der Waals surface area contributed by atoms with Gasteiger partial charge in [0.2, 0.25) is 0 Å². The van der Waals surface area contributed by atoms with E-state index in [9.17, 15) is 15.0 Å². The molecule has 0 fully saturated rings. The largest absolute Gasteiger partial charge is 0.507 e. The summed E-state index contributed by atoms with van der Waals surface area (Å²) in [6.45, 7) is 3.56. The predicted octanol–water partition coefficient (Wildman–Crippen LogP) is 2.19. The zero-order valence-electron chi connectivity index (χ0n) is 8.37. The zero-order chi connectivity index (χ0) is 11.6. The lowest BCUT2D eigenvalue weighted by molar-refractivity contribution is 0.0522. The summed E-state index contributed by atoms with van der Waals surface area (Å²) in [5, 5.41) is 19.1. The molecule has 0 aromatic heterocycles. The van der Waals surface area contributed by atoms with Crippen molar-refractivity contribution in [2.75, 3.05) is 6.61 Å². The average molecular weight is 322 g/mol. The minimum atomic E-state index is -0.578. The SMILES string of the molecule is CCOC(=O)c1c(C)cc(O)c(I)c1O. The Hall–Kier alpha value is -0.980. The van der Waals surface area contributed by atoms with Gasteiger partial charge in [-0.3, -0.25) is 0 Å². The maximum atomic E-state index is 11.5. The van der Waals surface area contributed by atoms with Crippen molar-refractivity contribution in [2.45, 2.75) is 13.8 Å². The predicted molar refractivity (Wildman–Crippen MR) is 63.2 cm³/mol. The lowest BCUT2D eigenvalue weighted by atomic mass is 10.1. The van der Waals surface area contributed by atoms with Crippen LogP contribution in [-0.4, -0.2) is 22.8 Å². The molecule has 0 bridgehead atoms. The number of phenolic OH excluding ortho intramolecular Hbond substituents is 2. The van der Waals surface area contributed by atoms with Crippen molar-refractivity contribution in [2.24, 2.45) is 0 Å². The third-order valence-electron chi connectivity index (χ3n) is 1.90. The van der Waals surface area contributed by atoms with E-state index in [2.05, 4.69) is 0 Å². The Morgan fingerprint density at radius 2 is 2.13 bits per heavy atom. The topological polar surface area (TPSA) is 66.8 Å².